The molecule has 1 aromatic heterocycles. The molecule has 2 heterocycles. The molecule has 0 radical (unpaired) electrons. The zero-order valence-electron chi connectivity index (χ0n) is 14.6. The van der Waals surface area contributed by atoms with E-state index in [1.165, 1.54) is 24.2 Å². The third kappa shape index (κ3) is 5.80. The van der Waals surface area contributed by atoms with Crippen molar-refractivity contribution in [3.8, 4) is 0 Å². The number of nitrogens with zero attached hydrogens (tertiary/aromatic N) is 2. The van der Waals surface area contributed by atoms with E-state index >= 15 is 0 Å². The molecule has 1 N–H and O–H groups in total. The standard InChI is InChI=1S/C18H28ClN3OS/c1-4-9-22(13-16-7-8-17(19)24-16)18(23)20-11-15(3)21-10-5-6-14(2)12-21/h4,7-8,14-15H,1,5-6,9-13H2,2-3H3,(H,20,23)/t14-,15+/m0/s1. The molecule has 0 saturated carbocycles. The monoisotopic (exact) mass is 369 g/mol. The Morgan fingerprint density at radius 2 is 2.42 bits per heavy atom. The van der Waals surface area contributed by atoms with Gasteiger partial charge in [0.1, 0.15) is 0 Å². The van der Waals surface area contributed by atoms with Crippen LogP contribution in [0.15, 0.2) is 24.8 Å². The van der Waals surface area contributed by atoms with Crippen molar-refractivity contribution in [3.05, 3.63) is 34.0 Å². The van der Waals surface area contributed by atoms with Gasteiger partial charge >= 0.3 is 6.03 Å². The fourth-order valence-corrected chi connectivity index (χ4v) is 4.21. The van der Waals surface area contributed by atoms with Crippen molar-refractivity contribution < 1.29 is 4.79 Å². The number of piperidine rings is 1. The molecule has 1 aromatic rings. The molecule has 24 heavy (non-hydrogen) atoms. The molecule has 0 unspecified atom stereocenters. The van der Waals surface area contributed by atoms with Gasteiger partial charge in [-0.2, -0.15) is 0 Å². The van der Waals surface area contributed by atoms with E-state index < -0.39 is 0 Å². The lowest BCUT2D eigenvalue weighted by Crippen LogP contribution is -2.48. The van der Waals surface area contributed by atoms with E-state index in [2.05, 4.69) is 30.6 Å². The lowest BCUT2D eigenvalue weighted by Gasteiger charge is -2.36. The van der Waals surface area contributed by atoms with Gasteiger partial charge in [0, 0.05) is 30.6 Å². The molecule has 1 aliphatic rings. The fraction of sp³-hybridized carbons (Fsp3) is 0.611. The maximum absolute atomic E-state index is 12.5. The second-order valence-electron chi connectivity index (χ2n) is 6.65. The van der Waals surface area contributed by atoms with E-state index in [1.54, 1.807) is 11.0 Å². The van der Waals surface area contributed by atoms with Gasteiger partial charge in [-0.05, 0) is 44.4 Å². The molecule has 2 amide bonds. The van der Waals surface area contributed by atoms with Crippen molar-refractivity contribution in [1.82, 2.24) is 15.1 Å². The van der Waals surface area contributed by atoms with Crippen molar-refractivity contribution in [2.24, 2.45) is 5.92 Å². The quantitative estimate of drug-likeness (QED) is 0.730. The van der Waals surface area contributed by atoms with Crippen LogP contribution in [-0.2, 0) is 6.54 Å². The highest BCUT2D eigenvalue weighted by Gasteiger charge is 2.22. The summed E-state index contributed by atoms with van der Waals surface area (Å²) in [5.41, 5.74) is 0. The molecule has 0 bridgehead atoms. The highest BCUT2D eigenvalue weighted by atomic mass is 35.5. The van der Waals surface area contributed by atoms with Crippen LogP contribution >= 0.6 is 22.9 Å². The van der Waals surface area contributed by atoms with Gasteiger partial charge in [0.05, 0.1) is 10.9 Å². The van der Waals surface area contributed by atoms with Gasteiger partial charge < -0.3 is 10.2 Å². The van der Waals surface area contributed by atoms with Gasteiger partial charge in [-0.15, -0.1) is 17.9 Å². The Kier molecular flexibility index (Phi) is 7.59. The van der Waals surface area contributed by atoms with E-state index in [9.17, 15) is 4.79 Å². The molecule has 0 spiro atoms. The van der Waals surface area contributed by atoms with Gasteiger partial charge in [0.15, 0.2) is 0 Å². The van der Waals surface area contributed by atoms with Gasteiger partial charge in [-0.3, -0.25) is 4.90 Å². The highest BCUT2D eigenvalue weighted by Crippen LogP contribution is 2.22. The van der Waals surface area contributed by atoms with Crippen LogP contribution in [0.25, 0.3) is 0 Å². The van der Waals surface area contributed by atoms with E-state index in [0.717, 1.165) is 28.2 Å². The summed E-state index contributed by atoms with van der Waals surface area (Å²) in [4.78, 5) is 17.8. The summed E-state index contributed by atoms with van der Waals surface area (Å²) < 4.78 is 0.747. The first-order valence-electron chi connectivity index (χ1n) is 8.61. The minimum absolute atomic E-state index is 0.0451. The summed E-state index contributed by atoms with van der Waals surface area (Å²) in [6.45, 7) is 12.3. The average Bonchev–Trinajstić information content (AvgIpc) is 2.97. The molecule has 1 saturated heterocycles. The number of hydrogen-bond acceptors (Lipinski definition) is 3. The Bertz CT molecular complexity index is 548. The van der Waals surface area contributed by atoms with Crippen LogP contribution in [0.1, 0.15) is 31.6 Å². The van der Waals surface area contributed by atoms with E-state index in [0.29, 0.717) is 25.7 Å². The fourth-order valence-electron chi connectivity index (χ4n) is 3.10. The Hall–Kier alpha value is -1.04. The van der Waals surface area contributed by atoms with E-state index in [-0.39, 0.29) is 6.03 Å². The molecule has 0 aliphatic carbocycles. The molecule has 2 atom stereocenters. The van der Waals surface area contributed by atoms with Crippen LogP contribution in [0.4, 0.5) is 4.79 Å². The van der Waals surface area contributed by atoms with Crippen molar-refractivity contribution in [2.75, 3.05) is 26.2 Å². The number of thiophene rings is 1. The normalized spacial score (nSPS) is 19.7. The summed E-state index contributed by atoms with van der Waals surface area (Å²) in [6, 6.07) is 4.15. The highest BCUT2D eigenvalue weighted by molar-refractivity contribution is 7.16. The lowest BCUT2D eigenvalue weighted by molar-refractivity contribution is 0.135. The summed E-state index contributed by atoms with van der Waals surface area (Å²) in [5.74, 6) is 0.748. The smallest absolute Gasteiger partial charge is 0.318 e. The van der Waals surface area contributed by atoms with E-state index in [4.69, 9.17) is 11.6 Å². The topological polar surface area (TPSA) is 35.6 Å². The van der Waals surface area contributed by atoms with Crippen molar-refractivity contribution >= 4 is 29.0 Å². The number of hydrogen-bond donors (Lipinski definition) is 1. The molecular weight excluding hydrogens is 342 g/mol. The average molecular weight is 370 g/mol. The molecule has 0 aromatic carbocycles. The van der Waals surface area contributed by atoms with Crippen LogP contribution in [-0.4, -0.2) is 48.1 Å². The van der Waals surface area contributed by atoms with Crippen LogP contribution in [0.5, 0.6) is 0 Å². The Morgan fingerprint density at radius 3 is 3.04 bits per heavy atom. The summed E-state index contributed by atoms with van der Waals surface area (Å²) in [5, 5.41) is 3.08. The molecule has 2 rings (SSSR count). The van der Waals surface area contributed by atoms with Crippen molar-refractivity contribution in [1.29, 1.82) is 0 Å². The molecule has 134 valence electrons. The molecular formula is C18H28ClN3OS. The Morgan fingerprint density at radius 1 is 1.62 bits per heavy atom. The van der Waals surface area contributed by atoms with E-state index in [1.807, 2.05) is 12.1 Å². The first-order chi connectivity index (χ1) is 11.5. The van der Waals surface area contributed by atoms with Gasteiger partial charge in [0.2, 0.25) is 0 Å². The first kappa shape index (κ1) is 19.3. The van der Waals surface area contributed by atoms with Crippen LogP contribution in [0.2, 0.25) is 4.34 Å². The minimum atomic E-state index is -0.0451. The SMILES string of the molecule is C=CCN(Cc1ccc(Cl)s1)C(=O)NC[C@@H](C)N1CCC[C@H](C)C1. The molecule has 1 fully saturated rings. The maximum Gasteiger partial charge on any atom is 0.318 e. The van der Waals surface area contributed by atoms with Crippen LogP contribution < -0.4 is 5.32 Å². The Labute approximate surface area is 154 Å². The maximum atomic E-state index is 12.5. The third-order valence-electron chi connectivity index (χ3n) is 4.47. The third-order valence-corrected chi connectivity index (χ3v) is 5.69. The number of nitrogens with one attached hydrogen (secondary N) is 1. The summed E-state index contributed by atoms with van der Waals surface area (Å²) >= 11 is 7.48. The van der Waals surface area contributed by atoms with Gasteiger partial charge in [-0.25, -0.2) is 4.79 Å². The summed E-state index contributed by atoms with van der Waals surface area (Å²) in [6.07, 6.45) is 4.32. The predicted molar refractivity (Wildman–Crippen MR) is 103 cm³/mol. The summed E-state index contributed by atoms with van der Waals surface area (Å²) in [7, 11) is 0. The van der Waals surface area contributed by atoms with Gasteiger partial charge in [0.25, 0.3) is 0 Å². The van der Waals surface area contributed by atoms with Gasteiger partial charge in [-0.1, -0.05) is 24.6 Å². The first-order valence-corrected chi connectivity index (χ1v) is 9.81. The Balaban J connectivity index is 1.84. The number of amides is 2. The lowest BCUT2D eigenvalue weighted by atomic mass is 9.99. The second-order valence-corrected chi connectivity index (χ2v) is 8.45. The van der Waals surface area contributed by atoms with Crippen LogP contribution in [0, 0.1) is 5.92 Å². The number of carbonyl (C=O) groups excluding carboxylic acids is 1. The zero-order chi connectivity index (χ0) is 17.5. The largest absolute Gasteiger partial charge is 0.336 e. The number of halogens is 1. The van der Waals surface area contributed by atoms with Crippen molar-refractivity contribution in [3.63, 3.8) is 0 Å². The number of rotatable bonds is 7. The molecule has 1 aliphatic heterocycles. The molecule has 6 heteroatoms. The van der Waals surface area contributed by atoms with Crippen LogP contribution in [0.3, 0.4) is 0 Å². The minimum Gasteiger partial charge on any atom is -0.336 e. The number of likely N-dealkylation sites (tertiary alicyclic amines) is 1. The molecule has 4 nitrogen and oxygen atoms in total. The van der Waals surface area contributed by atoms with Crippen molar-refractivity contribution in [2.45, 2.75) is 39.3 Å². The predicted octanol–water partition coefficient (Wildman–Crippen LogP) is 4.22. The number of urea groups is 1. The zero-order valence-corrected chi connectivity index (χ0v) is 16.2. The number of carbonyl (C=O) groups is 1. The second kappa shape index (κ2) is 9.44.